The summed E-state index contributed by atoms with van der Waals surface area (Å²) < 4.78 is 0. The minimum Gasteiger partial charge on any atom is -0.355 e. The Morgan fingerprint density at radius 1 is 1.22 bits per heavy atom. The molecule has 0 saturated heterocycles. The molecular weight excluding hydrogens is 230 g/mol. The van der Waals surface area contributed by atoms with E-state index in [1.807, 2.05) is 20.8 Å². The third kappa shape index (κ3) is 4.64. The van der Waals surface area contributed by atoms with E-state index in [0.29, 0.717) is 13.1 Å². The van der Waals surface area contributed by atoms with Crippen molar-refractivity contribution in [3.8, 4) is 0 Å². The molecule has 1 aliphatic rings. The molecule has 0 aliphatic heterocycles. The van der Waals surface area contributed by atoms with Crippen LogP contribution in [0.15, 0.2) is 0 Å². The van der Waals surface area contributed by atoms with Crippen molar-refractivity contribution in [1.29, 1.82) is 0 Å². The number of amides is 2. The molecule has 18 heavy (non-hydrogen) atoms. The van der Waals surface area contributed by atoms with Crippen LogP contribution in [0.2, 0.25) is 0 Å². The molecule has 1 fully saturated rings. The van der Waals surface area contributed by atoms with E-state index in [-0.39, 0.29) is 23.8 Å². The van der Waals surface area contributed by atoms with E-state index in [4.69, 9.17) is 0 Å². The first kappa shape index (κ1) is 15.0. The van der Waals surface area contributed by atoms with Crippen LogP contribution in [0.4, 0.5) is 0 Å². The van der Waals surface area contributed by atoms with Gasteiger partial charge in [-0.3, -0.25) is 9.59 Å². The van der Waals surface area contributed by atoms with Crippen molar-refractivity contribution in [2.45, 2.75) is 39.7 Å². The quantitative estimate of drug-likeness (QED) is 0.616. The number of hydrogen-bond acceptors (Lipinski definition) is 3. The largest absolute Gasteiger partial charge is 0.355 e. The number of nitrogens with zero attached hydrogens (tertiary/aromatic N) is 1. The highest BCUT2D eigenvalue weighted by molar-refractivity contribution is 5.81. The summed E-state index contributed by atoms with van der Waals surface area (Å²) in [6, 6.07) is -0.192. The summed E-state index contributed by atoms with van der Waals surface area (Å²) in [5, 5.41) is 6.01. The van der Waals surface area contributed by atoms with E-state index in [9.17, 15) is 9.59 Å². The van der Waals surface area contributed by atoms with Crippen LogP contribution >= 0.6 is 0 Å². The lowest BCUT2D eigenvalue weighted by Crippen LogP contribution is -2.46. The highest BCUT2D eigenvalue weighted by Crippen LogP contribution is 2.28. The molecule has 0 aromatic rings. The molecule has 2 N–H and O–H groups in total. The predicted octanol–water partition coefficient (Wildman–Crippen LogP) is 0.359. The van der Waals surface area contributed by atoms with Crippen LogP contribution in [0.25, 0.3) is 0 Å². The molecule has 0 aromatic heterocycles. The Kier molecular flexibility index (Phi) is 6.12. The van der Waals surface area contributed by atoms with Gasteiger partial charge in [-0.25, -0.2) is 0 Å². The molecule has 1 rings (SSSR count). The van der Waals surface area contributed by atoms with Gasteiger partial charge in [0.1, 0.15) is 0 Å². The molecule has 1 aliphatic carbocycles. The number of nitrogens with one attached hydrogen (secondary N) is 2. The SMILES string of the molecule is CCN(CC)C(=O)C(C)NCCNC(=O)C1CC1. The van der Waals surface area contributed by atoms with Gasteiger partial charge >= 0.3 is 0 Å². The van der Waals surface area contributed by atoms with E-state index in [1.165, 1.54) is 0 Å². The zero-order valence-electron chi connectivity index (χ0n) is 11.7. The van der Waals surface area contributed by atoms with Crippen molar-refractivity contribution in [1.82, 2.24) is 15.5 Å². The summed E-state index contributed by atoms with van der Waals surface area (Å²) in [7, 11) is 0. The van der Waals surface area contributed by atoms with Gasteiger partial charge in [0.2, 0.25) is 11.8 Å². The Labute approximate surface area is 109 Å². The van der Waals surface area contributed by atoms with Gasteiger partial charge in [-0.2, -0.15) is 0 Å². The van der Waals surface area contributed by atoms with Gasteiger partial charge in [0.15, 0.2) is 0 Å². The normalized spacial score (nSPS) is 16.2. The number of likely N-dealkylation sites (N-methyl/N-ethyl adjacent to an activating group) is 1. The topological polar surface area (TPSA) is 61.4 Å². The number of rotatable bonds is 8. The lowest BCUT2D eigenvalue weighted by Gasteiger charge is -2.23. The molecule has 104 valence electrons. The van der Waals surface area contributed by atoms with Crippen molar-refractivity contribution in [2.75, 3.05) is 26.2 Å². The average molecular weight is 255 g/mol. The number of carbonyl (C=O) groups is 2. The third-order valence-corrected chi connectivity index (χ3v) is 3.27. The van der Waals surface area contributed by atoms with Crippen LogP contribution in [0.1, 0.15) is 33.6 Å². The van der Waals surface area contributed by atoms with Gasteiger partial charge in [0.25, 0.3) is 0 Å². The molecule has 0 aromatic carbocycles. The monoisotopic (exact) mass is 255 g/mol. The first-order valence-corrected chi connectivity index (χ1v) is 6.90. The van der Waals surface area contributed by atoms with Gasteiger partial charge in [0, 0.05) is 32.1 Å². The zero-order chi connectivity index (χ0) is 13.5. The van der Waals surface area contributed by atoms with E-state index in [1.54, 1.807) is 4.90 Å². The summed E-state index contributed by atoms with van der Waals surface area (Å²) in [5.74, 6) is 0.521. The summed E-state index contributed by atoms with van der Waals surface area (Å²) in [5.41, 5.74) is 0. The van der Waals surface area contributed by atoms with Gasteiger partial charge in [0.05, 0.1) is 6.04 Å². The highest BCUT2D eigenvalue weighted by Gasteiger charge is 2.29. The zero-order valence-corrected chi connectivity index (χ0v) is 11.7. The maximum absolute atomic E-state index is 11.9. The van der Waals surface area contributed by atoms with Crippen molar-refractivity contribution < 1.29 is 9.59 Å². The van der Waals surface area contributed by atoms with E-state index < -0.39 is 0 Å². The second-order valence-corrected chi connectivity index (χ2v) is 4.75. The molecule has 0 radical (unpaired) electrons. The van der Waals surface area contributed by atoms with Crippen molar-refractivity contribution in [2.24, 2.45) is 5.92 Å². The number of hydrogen-bond donors (Lipinski definition) is 2. The Hall–Kier alpha value is -1.10. The van der Waals surface area contributed by atoms with Gasteiger partial charge < -0.3 is 15.5 Å². The second-order valence-electron chi connectivity index (χ2n) is 4.75. The third-order valence-electron chi connectivity index (χ3n) is 3.27. The lowest BCUT2D eigenvalue weighted by molar-refractivity contribution is -0.132. The molecule has 5 heteroatoms. The summed E-state index contributed by atoms with van der Waals surface area (Å²) in [6.45, 7) is 8.51. The van der Waals surface area contributed by atoms with Crippen LogP contribution in [0.3, 0.4) is 0 Å². The summed E-state index contributed by atoms with van der Waals surface area (Å²) in [4.78, 5) is 25.1. The average Bonchev–Trinajstić information content (AvgIpc) is 3.19. The van der Waals surface area contributed by atoms with Gasteiger partial charge in [-0.1, -0.05) is 0 Å². The van der Waals surface area contributed by atoms with E-state index in [2.05, 4.69) is 10.6 Å². The molecule has 1 atom stereocenters. The van der Waals surface area contributed by atoms with Crippen molar-refractivity contribution >= 4 is 11.8 Å². The Morgan fingerprint density at radius 2 is 1.83 bits per heavy atom. The fourth-order valence-electron chi connectivity index (χ4n) is 1.86. The fraction of sp³-hybridized carbons (Fsp3) is 0.846. The minimum absolute atomic E-state index is 0.119. The maximum Gasteiger partial charge on any atom is 0.239 e. The van der Waals surface area contributed by atoms with E-state index in [0.717, 1.165) is 25.9 Å². The second kappa shape index (κ2) is 7.36. The smallest absolute Gasteiger partial charge is 0.239 e. The molecule has 2 amide bonds. The first-order chi connectivity index (χ1) is 8.60. The van der Waals surface area contributed by atoms with E-state index >= 15 is 0 Å². The summed E-state index contributed by atoms with van der Waals surface area (Å²) >= 11 is 0. The molecule has 1 saturated carbocycles. The maximum atomic E-state index is 11.9. The lowest BCUT2D eigenvalue weighted by atomic mass is 10.2. The van der Waals surface area contributed by atoms with Crippen molar-refractivity contribution in [3.63, 3.8) is 0 Å². The van der Waals surface area contributed by atoms with Crippen molar-refractivity contribution in [3.05, 3.63) is 0 Å². The molecule has 0 bridgehead atoms. The Balaban J connectivity index is 2.13. The minimum atomic E-state index is -0.192. The fourth-order valence-corrected chi connectivity index (χ4v) is 1.86. The first-order valence-electron chi connectivity index (χ1n) is 6.90. The molecular formula is C13H25N3O2. The Bertz CT molecular complexity index is 286. The van der Waals surface area contributed by atoms with Crippen LogP contribution in [0, 0.1) is 5.92 Å². The standard InChI is InChI=1S/C13H25N3O2/c1-4-16(5-2)13(18)10(3)14-8-9-15-12(17)11-6-7-11/h10-11,14H,4-9H2,1-3H3,(H,15,17). The number of carbonyl (C=O) groups excluding carboxylic acids is 2. The molecule has 0 heterocycles. The predicted molar refractivity (Wildman–Crippen MR) is 71.1 cm³/mol. The molecule has 5 nitrogen and oxygen atoms in total. The molecule has 1 unspecified atom stereocenters. The van der Waals surface area contributed by atoms with Crippen LogP contribution in [-0.4, -0.2) is 48.9 Å². The highest BCUT2D eigenvalue weighted by atomic mass is 16.2. The van der Waals surface area contributed by atoms with Crippen LogP contribution in [0.5, 0.6) is 0 Å². The van der Waals surface area contributed by atoms with Gasteiger partial charge in [-0.15, -0.1) is 0 Å². The van der Waals surface area contributed by atoms with Crippen LogP contribution < -0.4 is 10.6 Å². The van der Waals surface area contributed by atoms with Crippen LogP contribution in [-0.2, 0) is 9.59 Å². The summed E-state index contributed by atoms with van der Waals surface area (Å²) in [6.07, 6.45) is 2.05. The van der Waals surface area contributed by atoms with Gasteiger partial charge in [-0.05, 0) is 33.6 Å². The molecule has 0 spiro atoms. The Morgan fingerprint density at radius 3 is 2.33 bits per heavy atom.